The number of rotatable bonds is 6. The predicted molar refractivity (Wildman–Crippen MR) is 120 cm³/mol. The molecule has 4 aromatic rings. The summed E-state index contributed by atoms with van der Waals surface area (Å²) in [5.41, 5.74) is 2.86. The van der Waals surface area contributed by atoms with Gasteiger partial charge in [-0.25, -0.2) is 14.6 Å². The molecule has 1 aliphatic rings. The lowest BCUT2D eigenvalue weighted by atomic mass is 10.2. The Hall–Kier alpha value is -2.83. The van der Waals surface area contributed by atoms with Gasteiger partial charge in [0, 0.05) is 25.2 Å². The van der Waals surface area contributed by atoms with Crippen LogP contribution in [0.5, 0.6) is 0 Å². The van der Waals surface area contributed by atoms with Crippen LogP contribution in [0.2, 0.25) is 0 Å². The summed E-state index contributed by atoms with van der Waals surface area (Å²) in [7, 11) is 0. The number of hydrogen-bond donors (Lipinski definition) is 1. The van der Waals surface area contributed by atoms with E-state index in [0.29, 0.717) is 37.0 Å². The number of benzene rings is 1. The van der Waals surface area contributed by atoms with E-state index in [4.69, 9.17) is 9.72 Å². The molecule has 0 radical (unpaired) electrons. The van der Waals surface area contributed by atoms with Gasteiger partial charge >= 0.3 is 0 Å². The fourth-order valence-electron chi connectivity index (χ4n) is 3.49. The van der Waals surface area contributed by atoms with Crippen molar-refractivity contribution < 1.29 is 9.53 Å². The Balaban J connectivity index is 1.32. The first-order valence-corrected chi connectivity index (χ1v) is 11.8. The number of aromatic nitrogens is 6. The van der Waals surface area contributed by atoms with E-state index < -0.39 is 0 Å². The molecule has 0 atom stereocenters. The highest BCUT2D eigenvalue weighted by molar-refractivity contribution is 7.98. The number of nitrogens with zero attached hydrogens (tertiary/aromatic N) is 7. The van der Waals surface area contributed by atoms with Crippen molar-refractivity contribution in [1.29, 1.82) is 0 Å². The van der Waals surface area contributed by atoms with Crippen molar-refractivity contribution in [3.05, 3.63) is 30.0 Å². The first-order valence-electron chi connectivity index (χ1n) is 9.83. The van der Waals surface area contributed by atoms with Gasteiger partial charge < -0.3 is 15.0 Å². The molecule has 1 aliphatic heterocycles. The maximum atomic E-state index is 12.5. The number of fused-ring (bicyclic) bond motifs is 2. The van der Waals surface area contributed by atoms with Gasteiger partial charge in [0.15, 0.2) is 10.8 Å². The summed E-state index contributed by atoms with van der Waals surface area (Å²) in [5, 5.41) is 9.06. The van der Waals surface area contributed by atoms with Crippen molar-refractivity contribution in [2.75, 3.05) is 44.0 Å². The van der Waals surface area contributed by atoms with Crippen molar-refractivity contribution in [2.24, 2.45) is 0 Å². The number of anilines is 1. The minimum Gasteiger partial charge on any atom is -0.378 e. The summed E-state index contributed by atoms with van der Waals surface area (Å²) in [4.78, 5) is 24.1. The molecule has 1 aromatic carbocycles. The standard InChI is InChI=1S/C19H20N8O2S2/c1-30-19-22-16(26-6-8-29-9-7-26)13-11-21-27(17(13)23-19)5-4-20-18(28)12-2-3-14-15(10-12)25-31-24-14/h2-3,10-11H,4-9H2,1H3,(H,20,28). The lowest BCUT2D eigenvalue weighted by Gasteiger charge is -2.28. The summed E-state index contributed by atoms with van der Waals surface area (Å²) in [6, 6.07) is 5.32. The molecule has 12 heteroatoms. The van der Waals surface area contributed by atoms with Gasteiger partial charge in [0.2, 0.25) is 0 Å². The predicted octanol–water partition coefficient (Wildman–Crippen LogP) is 1.82. The maximum absolute atomic E-state index is 12.5. The van der Waals surface area contributed by atoms with Gasteiger partial charge in [0.1, 0.15) is 16.9 Å². The van der Waals surface area contributed by atoms with E-state index in [2.05, 4.69) is 29.0 Å². The van der Waals surface area contributed by atoms with Gasteiger partial charge in [0.05, 0.1) is 43.1 Å². The zero-order chi connectivity index (χ0) is 21.2. The van der Waals surface area contributed by atoms with Crippen molar-refractivity contribution in [1.82, 2.24) is 33.8 Å². The molecule has 4 heterocycles. The van der Waals surface area contributed by atoms with E-state index in [-0.39, 0.29) is 5.91 Å². The first-order chi connectivity index (χ1) is 15.2. The summed E-state index contributed by atoms with van der Waals surface area (Å²) in [6.45, 7) is 3.88. The Morgan fingerprint density at radius 3 is 2.90 bits per heavy atom. The smallest absolute Gasteiger partial charge is 0.251 e. The number of carbonyl (C=O) groups excluding carboxylic acids is 1. The second-order valence-corrected chi connectivity index (χ2v) is 8.26. The summed E-state index contributed by atoms with van der Waals surface area (Å²) < 4.78 is 15.6. The topological polar surface area (TPSA) is 111 Å². The number of carbonyl (C=O) groups is 1. The highest BCUT2D eigenvalue weighted by atomic mass is 32.2. The number of thioether (sulfide) groups is 1. The third kappa shape index (κ3) is 4.05. The van der Waals surface area contributed by atoms with Crippen molar-refractivity contribution >= 4 is 57.3 Å². The third-order valence-corrected chi connectivity index (χ3v) is 6.18. The van der Waals surface area contributed by atoms with Crippen molar-refractivity contribution in [2.45, 2.75) is 11.7 Å². The fourth-order valence-corrected chi connectivity index (χ4v) is 4.37. The number of ether oxygens (including phenoxy) is 1. The second kappa shape index (κ2) is 8.73. The molecule has 31 heavy (non-hydrogen) atoms. The van der Waals surface area contributed by atoms with E-state index in [0.717, 1.165) is 52.7 Å². The van der Waals surface area contributed by atoms with Crippen molar-refractivity contribution in [3.8, 4) is 0 Å². The molecule has 0 aliphatic carbocycles. The van der Waals surface area contributed by atoms with Gasteiger partial charge in [-0.15, -0.1) is 0 Å². The lowest BCUT2D eigenvalue weighted by Crippen LogP contribution is -2.37. The van der Waals surface area contributed by atoms with Gasteiger partial charge in [-0.3, -0.25) is 4.79 Å². The average Bonchev–Trinajstić information content (AvgIpc) is 3.45. The highest BCUT2D eigenvalue weighted by Gasteiger charge is 2.20. The minimum absolute atomic E-state index is 0.153. The Kier molecular flexibility index (Phi) is 5.66. The van der Waals surface area contributed by atoms with Gasteiger partial charge in [-0.2, -0.15) is 13.8 Å². The van der Waals surface area contributed by atoms with E-state index in [9.17, 15) is 4.79 Å². The minimum atomic E-state index is -0.153. The highest BCUT2D eigenvalue weighted by Crippen LogP contribution is 2.27. The SMILES string of the molecule is CSc1nc(N2CCOCC2)c2cnn(CCNC(=O)c3ccc4nsnc4c3)c2n1. The van der Waals surface area contributed by atoms with Crippen LogP contribution < -0.4 is 10.2 Å². The third-order valence-electron chi connectivity index (χ3n) is 5.07. The molecule has 1 fully saturated rings. The fraction of sp³-hybridized carbons (Fsp3) is 0.368. The van der Waals surface area contributed by atoms with Crippen LogP contribution in [0.4, 0.5) is 5.82 Å². The van der Waals surface area contributed by atoms with Crippen LogP contribution >= 0.6 is 23.5 Å². The molecule has 1 saturated heterocycles. The maximum Gasteiger partial charge on any atom is 0.251 e. The molecule has 1 N–H and O–H groups in total. The Morgan fingerprint density at radius 2 is 2.06 bits per heavy atom. The molecule has 0 saturated carbocycles. The number of hydrogen-bond acceptors (Lipinski definition) is 10. The Labute approximate surface area is 186 Å². The van der Waals surface area contributed by atoms with E-state index in [1.54, 1.807) is 18.3 Å². The van der Waals surface area contributed by atoms with Crippen molar-refractivity contribution in [3.63, 3.8) is 0 Å². The van der Waals surface area contributed by atoms with Crippen LogP contribution in [0.3, 0.4) is 0 Å². The van der Waals surface area contributed by atoms with Crippen LogP contribution in [-0.2, 0) is 11.3 Å². The van der Waals surface area contributed by atoms with Crippen LogP contribution in [0.25, 0.3) is 22.1 Å². The molecule has 160 valence electrons. The zero-order valence-corrected chi connectivity index (χ0v) is 18.4. The normalized spacial score (nSPS) is 14.4. The first kappa shape index (κ1) is 20.1. The van der Waals surface area contributed by atoms with Crippen LogP contribution in [0, 0.1) is 0 Å². The van der Waals surface area contributed by atoms with E-state index >= 15 is 0 Å². The molecule has 0 bridgehead atoms. The quantitative estimate of drug-likeness (QED) is 0.343. The van der Waals surface area contributed by atoms with Crippen LogP contribution in [0.1, 0.15) is 10.4 Å². The molecule has 0 unspecified atom stereocenters. The number of nitrogens with one attached hydrogen (secondary N) is 1. The van der Waals surface area contributed by atoms with Crippen LogP contribution in [-0.4, -0.2) is 73.5 Å². The summed E-state index contributed by atoms with van der Waals surface area (Å²) in [5.74, 6) is 0.734. The molecule has 3 aromatic heterocycles. The average molecular weight is 457 g/mol. The summed E-state index contributed by atoms with van der Waals surface area (Å²) >= 11 is 2.64. The van der Waals surface area contributed by atoms with Gasteiger partial charge in [-0.05, 0) is 24.5 Å². The molecule has 1 amide bonds. The molecular weight excluding hydrogens is 436 g/mol. The number of amides is 1. The largest absolute Gasteiger partial charge is 0.378 e. The number of morpholine rings is 1. The monoisotopic (exact) mass is 456 g/mol. The lowest BCUT2D eigenvalue weighted by molar-refractivity contribution is 0.0952. The molecule has 10 nitrogen and oxygen atoms in total. The Bertz CT molecular complexity index is 1230. The second-order valence-electron chi connectivity index (χ2n) is 6.96. The Morgan fingerprint density at radius 1 is 1.23 bits per heavy atom. The molecular formula is C19H20N8O2S2. The van der Waals surface area contributed by atoms with E-state index in [1.807, 2.05) is 17.0 Å². The van der Waals surface area contributed by atoms with Crippen LogP contribution in [0.15, 0.2) is 29.6 Å². The summed E-state index contributed by atoms with van der Waals surface area (Å²) in [6.07, 6.45) is 3.76. The van der Waals surface area contributed by atoms with Gasteiger partial charge in [0.25, 0.3) is 5.91 Å². The van der Waals surface area contributed by atoms with Gasteiger partial charge in [-0.1, -0.05) is 11.8 Å². The zero-order valence-electron chi connectivity index (χ0n) is 16.8. The van der Waals surface area contributed by atoms with E-state index in [1.165, 1.54) is 11.8 Å². The molecule has 5 rings (SSSR count). The molecule has 0 spiro atoms.